The second-order valence-corrected chi connectivity index (χ2v) is 9.80. The Bertz CT molecular complexity index is 1550. The number of benzene rings is 2. The van der Waals surface area contributed by atoms with E-state index in [9.17, 15) is 4.79 Å². The van der Waals surface area contributed by atoms with E-state index in [-0.39, 0.29) is 5.56 Å². The molecule has 1 atom stereocenters. The van der Waals surface area contributed by atoms with Gasteiger partial charge in [-0.1, -0.05) is 43.3 Å². The van der Waals surface area contributed by atoms with Crippen LogP contribution in [0.4, 0.5) is 0 Å². The first-order valence-electron chi connectivity index (χ1n) is 13.1. The van der Waals surface area contributed by atoms with Gasteiger partial charge >= 0.3 is 0 Å². The van der Waals surface area contributed by atoms with Crippen LogP contribution in [0.3, 0.4) is 0 Å². The van der Waals surface area contributed by atoms with E-state index in [0.717, 1.165) is 55.8 Å². The van der Waals surface area contributed by atoms with Crippen molar-refractivity contribution in [2.24, 2.45) is 0 Å². The molecule has 38 heavy (non-hydrogen) atoms. The molecule has 2 aromatic carbocycles. The molecule has 9 heteroatoms. The van der Waals surface area contributed by atoms with Gasteiger partial charge < -0.3 is 9.40 Å². The maximum Gasteiger partial charge on any atom is 0.253 e. The van der Waals surface area contributed by atoms with Gasteiger partial charge in [0.05, 0.1) is 6.26 Å². The quantitative estimate of drug-likeness (QED) is 0.341. The Morgan fingerprint density at radius 1 is 0.947 bits per heavy atom. The number of pyridine rings is 1. The molecule has 0 amide bonds. The summed E-state index contributed by atoms with van der Waals surface area (Å²) in [7, 11) is 0. The maximum absolute atomic E-state index is 13.5. The Balaban J connectivity index is 1.35. The number of piperazine rings is 1. The minimum Gasteiger partial charge on any atom is -0.467 e. The first-order valence-corrected chi connectivity index (χ1v) is 13.1. The van der Waals surface area contributed by atoms with Crippen LogP contribution in [0.1, 0.15) is 41.2 Å². The van der Waals surface area contributed by atoms with Crippen LogP contribution in [-0.4, -0.2) is 61.2 Å². The van der Waals surface area contributed by atoms with Crippen molar-refractivity contribution in [2.75, 3.05) is 26.2 Å². The smallest absolute Gasteiger partial charge is 0.253 e. The average molecular weight is 510 g/mol. The number of H-pyrrole nitrogens is 1. The maximum atomic E-state index is 13.5. The van der Waals surface area contributed by atoms with Crippen LogP contribution in [-0.2, 0) is 19.5 Å². The molecule has 6 rings (SSSR count). The number of aromatic nitrogens is 5. The van der Waals surface area contributed by atoms with Gasteiger partial charge in [0.2, 0.25) is 0 Å². The van der Waals surface area contributed by atoms with E-state index in [1.807, 2.05) is 30.3 Å². The fraction of sp³-hybridized carbons (Fsp3) is 0.310. The number of aryl methyl sites for hydroxylation is 1. The largest absolute Gasteiger partial charge is 0.467 e. The molecule has 1 aliphatic heterocycles. The highest BCUT2D eigenvalue weighted by Crippen LogP contribution is 2.28. The van der Waals surface area contributed by atoms with Gasteiger partial charge in [-0.2, -0.15) is 0 Å². The van der Waals surface area contributed by atoms with Crippen molar-refractivity contribution < 1.29 is 4.42 Å². The zero-order valence-electron chi connectivity index (χ0n) is 21.5. The van der Waals surface area contributed by atoms with Gasteiger partial charge in [0.25, 0.3) is 5.56 Å². The summed E-state index contributed by atoms with van der Waals surface area (Å²) >= 11 is 0. The minimum absolute atomic E-state index is 0.119. The number of aromatic amines is 1. The Labute approximate surface area is 220 Å². The van der Waals surface area contributed by atoms with Gasteiger partial charge in [-0.3, -0.25) is 14.6 Å². The predicted octanol–water partition coefficient (Wildman–Crippen LogP) is 3.63. The molecule has 1 fully saturated rings. The highest BCUT2D eigenvalue weighted by Gasteiger charge is 2.33. The number of hydrogen-bond acceptors (Lipinski definition) is 7. The molecule has 3 aromatic heterocycles. The van der Waals surface area contributed by atoms with Crippen LogP contribution in [0.5, 0.6) is 0 Å². The molecule has 4 heterocycles. The summed E-state index contributed by atoms with van der Waals surface area (Å²) < 4.78 is 7.31. The first-order chi connectivity index (χ1) is 18.7. The second kappa shape index (κ2) is 10.7. The van der Waals surface area contributed by atoms with Crippen LogP contribution in [0.2, 0.25) is 0 Å². The monoisotopic (exact) mass is 509 g/mol. The molecule has 0 bridgehead atoms. The molecular formula is C29H31N7O2. The molecule has 1 N–H and O–H groups in total. The molecule has 9 nitrogen and oxygen atoms in total. The lowest BCUT2D eigenvalue weighted by Crippen LogP contribution is -2.48. The summed E-state index contributed by atoms with van der Waals surface area (Å²) in [6.07, 6.45) is 2.57. The molecule has 0 spiro atoms. The minimum atomic E-state index is -0.391. The van der Waals surface area contributed by atoms with E-state index in [1.165, 1.54) is 11.1 Å². The number of fused-ring (bicyclic) bond motifs is 1. The summed E-state index contributed by atoms with van der Waals surface area (Å²) in [5.41, 5.74) is 3.89. The first kappa shape index (κ1) is 24.3. The fourth-order valence-electron chi connectivity index (χ4n) is 5.29. The van der Waals surface area contributed by atoms with Gasteiger partial charge in [-0.05, 0) is 63.7 Å². The third-order valence-corrected chi connectivity index (χ3v) is 7.35. The number of nitrogens with one attached hydrogen (secondary N) is 1. The Morgan fingerprint density at radius 3 is 2.55 bits per heavy atom. The number of hydrogen-bond donors (Lipinski definition) is 1. The van der Waals surface area contributed by atoms with Crippen molar-refractivity contribution in [1.82, 2.24) is 35.0 Å². The lowest BCUT2D eigenvalue weighted by molar-refractivity contribution is 0.0997. The van der Waals surface area contributed by atoms with E-state index in [1.54, 1.807) is 10.9 Å². The van der Waals surface area contributed by atoms with Crippen LogP contribution in [0.15, 0.2) is 82.2 Å². The SMILES string of the molecule is CCc1ccc2[nH]c(=O)c([C@@H](c3nnnn3Cc3ccco3)N3CCN(Cc4ccccc4)CC3)cc2c1. The molecule has 1 saturated heterocycles. The number of furan rings is 1. The van der Waals surface area contributed by atoms with Gasteiger partial charge in [0, 0.05) is 43.8 Å². The summed E-state index contributed by atoms with van der Waals surface area (Å²) in [5, 5.41) is 13.7. The Kier molecular flexibility index (Phi) is 6.85. The second-order valence-electron chi connectivity index (χ2n) is 9.80. The number of rotatable bonds is 8. The van der Waals surface area contributed by atoms with Crippen molar-refractivity contribution in [2.45, 2.75) is 32.5 Å². The lowest BCUT2D eigenvalue weighted by atomic mass is 10.0. The molecule has 1 aliphatic rings. The highest BCUT2D eigenvalue weighted by atomic mass is 16.3. The Morgan fingerprint density at radius 2 is 1.79 bits per heavy atom. The fourth-order valence-corrected chi connectivity index (χ4v) is 5.29. The molecular weight excluding hydrogens is 478 g/mol. The summed E-state index contributed by atoms with van der Waals surface area (Å²) in [6, 6.07) is 22.1. The van der Waals surface area contributed by atoms with Crippen LogP contribution < -0.4 is 5.56 Å². The third-order valence-electron chi connectivity index (χ3n) is 7.35. The Hall–Kier alpha value is -4.08. The van der Waals surface area contributed by atoms with E-state index in [4.69, 9.17) is 4.42 Å². The summed E-state index contributed by atoms with van der Waals surface area (Å²) in [5.74, 6) is 1.39. The number of tetrazole rings is 1. The lowest BCUT2D eigenvalue weighted by Gasteiger charge is -2.38. The van der Waals surface area contributed by atoms with E-state index in [0.29, 0.717) is 17.9 Å². The van der Waals surface area contributed by atoms with Gasteiger partial charge in [-0.25, -0.2) is 4.68 Å². The summed E-state index contributed by atoms with van der Waals surface area (Å²) in [6.45, 7) is 6.79. The standard InChI is InChI=1S/C29H31N7O2/c1-2-21-10-11-26-23(17-21)18-25(29(37)30-26)27(28-31-32-33-36(28)20-24-9-6-16-38-24)35-14-12-34(13-15-35)19-22-7-4-3-5-8-22/h3-11,16-18,27H,2,12-15,19-20H2,1H3,(H,30,37)/t27-/m0/s1. The topological polar surface area (TPSA) is 96.1 Å². The molecule has 0 unspecified atom stereocenters. The van der Waals surface area contributed by atoms with Crippen LogP contribution in [0, 0.1) is 0 Å². The average Bonchev–Trinajstić information content (AvgIpc) is 3.63. The predicted molar refractivity (Wildman–Crippen MR) is 145 cm³/mol. The molecule has 194 valence electrons. The van der Waals surface area contributed by atoms with Crippen molar-refractivity contribution in [3.05, 3.63) is 112 Å². The van der Waals surface area contributed by atoms with Gasteiger partial charge in [0.15, 0.2) is 5.82 Å². The molecule has 0 saturated carbocycles. The van der Waals surface area contributed by atoms with Gasteiger partial charge in [-0.15, -0.1) is 5.10 Å². The van der Waals surface area contributed by atoms with Crippen molar-refractivity contribution in [3.63, 3.8) is 0 Å². The molecule has 0 radical (unpaired) electrons. The van der Waals surface area contributed by atoms with Crippen molar-refractivity contribution >= 4 is 10.9 Å². The van der Waals surface area contributed by atoms with E-state index >= 15 is 0 Å². The summed E-state index contributed by atoms with van der Waals surface area (Å²) in [4.78, 5) is 21.4. The van der Waals surface area contributed by atoms with Crippen LogP contribution in [0.25, 0.3) is 10.9 Å². The van der Waals surface area contributed by atoms with Crippen molar-refractivity contribution in [3.8, 4) is 0 Å². The van der Waals surface area contributed by atoms with Gasteiger partial charge in [0.1, 0.15) is 18.3 Å². The van der Waals surface area contributed by atoms with Crippen LogP contribution >= 0.6 is 0 Å². The van der Waals surface area contributed by atoms with E-state index in [2.05, 4.69) is 73.6 Å². The molecule has 5 aromatic rings. The molecule has 0 aliphatic carbocycles. The normalized spacial score (nSPS) is 15.7. The van der Waals surface area contributed by atoms with E-state index < -0.39 is 6.04 Å². The zero-order chi connectivity index (χ0) is 25.9. The highest BCUT2D eigenvalue weighted by molar-refractivity contribution is 5.80. The van der Waals surface area contributed by atoms with Crippen molar-refractivity contribution in [1.29, 1.82) is 0 Å². The zero-order valence-corrected chi connectivity index (χ0v) is 21.5. The third kappa shape index (κ3) is 5.03. The number of nitrogens with zero attached hydrogens (tertiary/aromatic N) is 6.